The van der Waals surface area contributed by atoms with Gasteiger partial charge in [0.05, 0.1) is 45.0 Å². The van der Waals surface area contributed by atoms with Gasteiger partial charge in [0.2, 0.25) is 17.7 Å². The Morgan fingerprint density at radius 1 is 0.921 bits per heavy atom. The third-order valence-corrected chi connectivity index (χ3v) is 12.8. The summed E-state index contributed by atoms with van der Waals surface area (Å²) < 4.78 is 12.0. The minimum atomic E-state index is -1.05. The molecule has 63 heavy (non-hydrogen) atoms. The molecule has 0 spiro atoms. The smallest absolute Gasteiger partial charge is 0.264 e. The Labute approximate surface area is 370 Å². The lowest BCUT2D eigenvalue weighted by Gasteiger charge is -2.39. The lowest BCUT2D eigenvalue weighted by molar-refractivity contribution is -0.137. The van der Waals surface area contributed by atoms with E-state index in [0.29, 0.717) is 118 Å². The predicted molar refractivity (Wildman–Crippen MR) is 231 cm³/mol. The van der Waals surface area contributed by atoms with Crippen LogP contribution < -0.4 is 24.6 Å². The maximum absolute atomic E-state index is 13.8. The molecule has 19 heteroatoms. The lowest BCUT2D eigenvalue weighted by atomic mass is 9.93. The van der Waals surface area contributed by atoms with Gasteiger partial charge in [-0.15, -0.1) is 0 Å². The van der Waals surface area contributed by atoms with Gasteiger partial charge in [-0.3, -0.25) is 44.3 Å². The van der Waals surface area contributed by atoms with Crippen LogP contribution in [0.2, 0.25) is 10.0 Å². The number of methoxy groups -OCH3 is 1. The Bertz CT molecular complexity index is 2740. The Hall–Kier alpha value is -6.77. The number of nitriles is 1. The fourth-order valence-electron chi connectivity index (χ4n) is 9.00. The molecule has 17 nitrogen and oxygen atoms in total. The van der Waals surface area contributed by atoms with Crippen LogP contribution in [0, 0.1) is 17.2 Å². The highest BCUT2D eigenvalue weighted by atomic mass is 35.5. The number of piperazine rings is 1. The molecule has 2 N–H and O–H groups in total. The zero-order valence-electron chi connectivity index (χ0n) is 34.2. The minimum Gasteiger partial charge on any atom is -0.493 e. The van der Waals surface area contributed by atoms with Gasteiger partial charge in [-0.2, -0.15) is 10.4 Å². The number of hydrogen-bond acceptors (Lipinski definition) is 13. The number of benzene rings is 2. The molecular formula is C44H40Cl2N10O7. The highest BCUT2D eigenvalue weighted by Crippen LogP contribution is 2.41. The number of nitrogens with zero attached hydrogens (tertiary/aromatic N) is 8. The van der Waals surface area contributed by atoms with Crippen molar-refractivity contribution in [2.45, 2.75) is 44.8 Å². The van der Waals surface area contributed by atoms with Gasteiger partial charge in [-0.05, 0) is 50.5 Å². The first-order valence-corrected chi connectivity index (χ1v) is 21.3. The number of rotatable bonds is 9. The Morgan fingerprint density at radius 3 is 2.37 bits per heavy atom. The summed E-state index contributed by atoms with van der Waals surface area (Å²) in [5.74, 6) is -0.948. The second kappa shape index (κ2) is 16.8. The number of pyridine rings is 2. The molecule has 7 heterocycles. The summed E-state index contributed by atoms with van der Waals surface area (Å²) in [6, 6.07) is 11.7. The Morgan fingerprint density at radius 2 is 1.67 bits per heavy atom. The summed E-state index contributed by atoms with van der Waals surface area (Å²) in [6.07, 6.45) is 5.37. The molecule has 0 saturated carbocycles. The van der Waals surface area contributed by atoms with Crippen LogP contribution in [0.4, 0.5) is 11.5 Å². The lowest BCUT2D eigenvalue weighted by Crippen LogP contribution is -2.54. The summed E-state index contributed by atoms with van der Waals surface area (Å²) in [7, 11) is 1.54. The third-order valence-electron chi connectivity index (χ3n) is 12.2. The van der Waals surface area contributed by atoms with Crippen molar-refractivity contribution in [1.29, 1.82) is 5.26 Å². The molecule has 5 aromatic rings. The van der Waals surface area contributed by atoms with E-state index in [2.05, 4.69) is 26.6 Å². The molecule has 322 valence electrons. The number of imide groups is 2. The predicted octanol–water partition coefficient (Wildman–Crippen LogP) is 5.31. The molecular weight excluding hydrogens is 851 g/mol. The van der Waals surface area contributed by atoms with Crippen molar-refractivity contribution in [2.75, 3.05) is 56.2 Å². The second-order valence-corrected chi connectivity index (χ2v) is 16.6. The molecule has 2 aromatic carbocycles. The van der Waals surface area contributed by atoms with Crippen LogP contribution in [0.5, 0.6) is 11.5 Å². The zero-order chi connectivity index (χ0) is 44.1. The average molecular weight is 892 g/mol. The average Bonchev–Trinajstić information content (AvgIpc) is 3.82. The molecule has 3 aromatic heterocycles. The van der Waals surface area contributed by atoms with Crippen molar-refractivity contribution in [2.24, 2.45) is 5.92 Å². The highest BCUT2D eigenvalue weighted by molar-refractivity contribution is 6.35. The monoisotopic (exact) mass is 890 g/mol. The van der Waals surface area contributed by atoms with Crippen LogP contribution in [0.15, 0.2) is 55.0 Å². The number of carbonyl (C=O) groups excluding carboxylic acids is 5. The maximum atomic E-state index is 13.8. The van der Waals surface area contributed by atoms with E-state index in [0.717, 1.165) is 4.90 Å². The van der Waals surface area contributed by atoms with Crippen molar-refractivity contribution < 1.29 is 33.4 Å². The number of fused-ring (bicyclic) bond motifs is 2. The van der Waals surface area contributed by atoms with Crippen LogP contribution in [0.25, 0.3) is 22.2 Å². The quantitative estimate of drug-likeness (QED) is 0.180. The van der Waals surface area contributed by atoms with Gasteiger partial charge in [0.25, 0.3) is 11.8 Å². The number of amides is 5. The number of ether oxygens (including phenoxy) is 2. The van der Waals surface area contributed by atoms with Crippen molar-refractivity contribution in [3.63, 3.8) is 0 Å². The van der Waals surface area contributed by atoms with Gasteiger partial charge in [0.15, 0.2) is 11.5 Å². The molecule has 3 fully saturated rings. The Balaban J connectivity index is 0.840. The van der Waals surface area contributed by atoms with Gasteiger partial charge in [0, 0.05) is 92.8 Å². The van der Waals surface area contributed by atoms with Crippen LogP contribution in [0.3, 0.4) is 0 Å². The van der Waals surface area contributed by atoms with Gasteiger partial charge >= 0.3 is 0 Å². The van der Waals surface area contributed by atoms with Crippen LogP contribution in [-0.2, 0) is 14.4 Å². The van der Waals surface area contributed by atoms with E-state index in [1.54, 1.807) is 43.6 Å². The molecule has 0 radical (unpaired) electrons. The summed E-state index contributed by atoms with van der Waals surface area (Å²) >= 11 is 12.8. The van der Waals surface area contributed by atoms with E-state index in [4.69, 9.17) is 37.7 Å². The van der Waals surface area contributed by atoms with Crippen molar-refractivity contribution >= 4 is 75.1 Å². The largest absolute Gasteiger partial charge is 0.493 e. The molecule has 4 aliphatic rings. The first-order chi connectivity index (χ1) is 30.4. The van der Waals surface area contributed by atoms with Gasteiger partial charge in [-0.1, -0.05) is 29.3 Å². The third kappa shape index (κ3) is 7.52. The van der Waals surface area contributed by atoms with E-state index in [-0.39, 0.29) is 35.8 Å². The molecule has 0 aliphatic carbocycles. The number of aromatic amines is 1. The van der Waals surface area contributed by atoms with E-state index in [9.17, 15) is 29.2 Å². The standard InChI is InChI=1S/C44H40Cl2N10O7/c1-23(37-29(45)21-48-22-30(37)46)63-35-17-28-31(18-34(35)62-2)51-52-39(28)26-16-25(19-47)40(49-20-26)54-12-14-55(15-13-54)42(59)24-8-10-53(11-9-24)32-5-3-4-27-38(32)44(61)56(43(27)60)33-6-7-36(57)50-41(33)58/h3-5,16-18,20-24,33H,6-15H2,1-2H3,(H,51,52)(H,50,57,58)/t23-,33?/m1/s1. The minimum absolute atomic E-state index is 0.0422. The first kappa shape index (κ1) is 41.6. The number of hydrogen-bond donors (Lipinski definition) is 2. The summed E-state index contributed by atoms with van der Waals surface area (Å²) in [4.78, 5) is 80.8. The van der Waals surface area contributed by atoms with E-state index in [1.165, 1.54) is 12.4 Å². The summed E-state index contributed by atoms with van der Waals surface area (Å²) in [5, 5.41) is 21.6. The fraction of sp³-hybridized carbons (Fsp3) is 0.341. The van der Waals surface area contributed by atoms with Gasteiger partial charge < -0.3 is 24.2 Å². The van der Waals surface area contributed by atoms with E-state index >= 15 is 0 Å². The molecule has 9 rings (SSSR count). The van der Waals surface area contributed by atoms with Crippen LogP contribution in [-0.4, -0.2) is 112 Å². The second-order valence-electron chi connectivity index (χ2n) is 15.8. The number of piperidine rings is 2. The van der Waals surface area contributed by atoms with Crippen LogP contribution in [0.1, 0.15) is 70.6 Å². The molecule has 4 aliphatic heterocycles. The highest BCUT2D eigenvalue weighted by Gasteiger charge is 2.46. The first-order valence-electron chi connectivity index (χ1n) is 20.5. The molecule has 2 atom stereocenters. The molecule has 1 unspecified atom stereocenters. The molecule has 3 saturated heterocycles. The van der Waals surface area contributed by atoms with Gasteiger partial charge in [0.1, 0.15) is 29.7 Å². The molecule has 0 bridgehead atoms. The van der Waals surface area contributed by atoms with E-state index in [1.807, 2.05) is 27.7 Å². The number of carbonyl (C=O) groups is 5. The fourth-order valence-corrected chi connectivity index (χ4v) is 9.67. The molecule has 5 amide bonds. The number of halogens is 2. The summed E-state index contributed by atoms with van der Waals surface area (Å²) in [6.45, 7) is 4.69. The summed E-state index contributed by atoms with van der Waals surface area (Å²) in [5.41, 5.74) is 3.88. The topological polar surface area (TPSA) is 207 Å². The number of aromatic nitrogens is 4. The van der Waals surface area contributed by atoms with Crippen LogP contribution >= 0.6 is 23.2 Å². The Kier molecular flexibility index (Phi) is 11.1. The normalized spacial score (nSPS) is 18.7. The van der Waals surface area contributed by atoms with Gasteiger partial charge in [-0.25, -0.2) is 4.98 Å². The SMILES string of the molecule is COc1cc2[nH]nc(-c3cnc(N4CCN(C(=O)C5CCN(c6cccc7c6C(=O)N(C6CCC(=O)NC6=O)C7=O)CC5)CC4)c(C#N)c3)c2cc1O[C@H](C)c1c(Cl)cncc1Cl. The zero-order valence-corrected chi connectivity index (χ0v) is 35.7. The van der Waals surface area contributed by atoms with E-state index < -0.39 is 35.8 Å². The number of H-pyrrole nitrogens is 1. The van der Waals surface area contributed by atoms with Crippen molar-refractivity contribution in [3.8, 4) is 28.8 Å². The number of nitrogens with one attached hydrogen (secondary N) is 2. The number of anilines is 2. The van der Waals surface area contributed by atoms with Crippen molar-refractivity contribution in [3.05, 3.63) is 87.3 Å². The maximum Gasteiger partial charge on any atom is 0.264 e. The van der Waals surface area contributed by atoms with Crippen molar-refractivity contribution in [1.82, 2.24) is 35.3 Å².